The molecule has 184 valence electrons. The number of hydrogen-bond acceptors (Lipinski definition) is 5. The number of benzene rings is 4. The minimum absolute atomic E-state index is 0.0492. The number of carboxylic acids is 1. The monoisotopic (exact) mass is 496 g/mol. The summed E-state index contributed by atoms with van der Waals surface area (Å²) in [6.45, 7) is -0.221. The maximum absolute atomic E-state index is 12.7. The van der Waals surface area contributed by atoms with Crippen LogP contribution in [0.25, 0.3) is 10.8 Å². The predicted octanol–water partition coefficient (Wildman–Crippen LogP) is 5.70. The number of carboxylic acid groups (broad SMARTS) is 1. The molecule has 0 aromatic heterocycles. The molecule has 0 fully saturated rings. The molecule has 0 saturated heterocycles. The number of aromatic hydroxyl groups is 1. The number of aliphatic hydroxyl groups excluding tert-OH is 1. The van der Waals surface area contributed by atoms with Gasteiger partial charge in [0.1, 0.15) is 18.5 Å². The second-order valence-electron chi connectivity index (χ2n) is 8.07. The van der Waals surface area contributed by atoms with Crippen molar-refractivity contribution in [3.05, 3.63) is 112 Å². The number of phenolic OH excluding ortho intramolecular Hbond substituents is 1. The van der Waals surface area contributed by atoms with Gasteiger partial charge < -0.3 is 20.1 Å². The third-order valence-electron chi connectivity index (χ3n) is 5.64. The van der Waals surface area contributed by atoms with Crippen molar-refractivity contribution in [2.75, 3.05) is 0 Å². The Hall–Kier alpha value is -4.37. The van der Waals surface area contributed by atoms with Gasteiger partial charge in [0, 0.05) is 5.56 Å². The molecule has 36 heavy (non-hydrogen) atoms. The fourth-order valence-electron chi connectivity index (χ4n) is 3.66. The zero-order chi connectivity index (χ0) is 26.0. The Morgan fingerprint density at radius 3 is 2.08 bits per heavy atom. The Morgan fingerprint density at radius 2 is 1.47 bits per heavy atom. The molecule has 6 nitrogen and oxygen atoms in total. The highest BCUT2D eigenvalue weighted by Crippen LogP contribution is 2.34. The van der Waals surface area contributed by atoms with Gasteiger partial charge in [0.15, 0.2) is 0 Å². The Bertz CT molecular complexity index is 1430. The maximum atomic E-state index is 12.7. The second kappa shape index (κ2) is 9.71. The number of hydrogen-bond donors (Lipinski definition) is 3. The van der Waals surface area contributed by atoms with Crippen LogP contribution in [0.1, 0.15) is 49.1 Å². The fourth-order valence-corrected chi connectivity index (χ4v) is 3.66. The van der Waals surface area contributed by atoms with Gasteiger partial charge in [-0.05, 0) is 70.4 Å². The summed E-state index contributed by atoms with van der Waals surface area (Å²) < 4.78 is 43.3. The van der Waals surface area contributed by atoms with Crippen molar-refractivity contribution in [3.63, 3.8) is 0 Å². The highest BCUT2D eigenvalue weighted by Gasteiger charge is 2.30. The van der Waals surface area contributed by atoms with E-state index in [9.17, 15) is 33.0 Å². The number of ether oxygens (including phenoxy) is 1. The Balaban J connectivity index is 1.53. The number of aromatic carboxylic acids is 1. The summed E-state index contributed by atoms with van der Waals surface area (Å²) in [5.74, 6) is -1.99. The van der Waals surface area contributed by atoms with Gasteiger partial charge in [-0.15, -0.1) is 0 Å². The van der Waals surface area contributed by atoms with Crippen LogP contribution in [0.15, 0.2) is 78.9 Å². The first-order valence-electron chi connectivity index (χ1n) is 10.6. The van der Waals surface area contributed by atoms with Crippen molar-refractivity contribution >= 4 is 22.7 Å². The van der Waals surface area contributed by atoms with E-state index in [1.165, 1.54) is 60.7 Å². The quantitative estimate of drug-likeness (QED) is 0.296. The average molecular weight is 496 g/mol. The highest BCUT2D eigenvalue weighted by atomic mass is 19.4. The zero-order valence-electron chi connectivity index (χ0n) is 18.5. The number of phenols is 1. The molecular weight excluding hydrogens is 477 g/mol. The molecule has 0 aliphatic carbocycles. The van der Waals surface area contributed by atoms with Crippen LogP contribution in [0.3, 0.4) is 0 Å². The SMILES string of the molecule is O=C(O)c1ccc(C(O)c2cc3cc(C(=O)OCc4ccc(C(F)(F)F)cc4)ccc3cc2O)cc1. The summed E-state index contributed by atoms with van der Waals surface area (Å²) >= 11 is 0. The summed E-state index contributed by atoms with van der Waals surface area (Å²) in [6.07, 6.45) is -5.71. The molecule has 1 atom stereocenters. The van der Waals surface area contributed by atoms with Crippen molar-refractivity contribution in [3.8, 4) is 5.75 Å². The Kier molecular flexibility index (Phi) is 6.67. The van der Waals surface area contributed by atoms with Gasteiger partial charge in [0.05, 0.1) is 16.7 Å². The van der Waals surface area contributed by atoms with Crippen molar-refractivity contribution < 1.29 is 42.8 Å². The number of aliphatic hydroxyl groups is 1. The molecule has 1 unspecified atom stereocenters. The zero-order valence-corrected chi connectivity index (χ0v) is 18.5. The van der Waals surface area contributed by atoms with Crippen LogP contribution in [0.2, 0.25) is 0 Å². The smallest absolute Gasteiger partial charge is 0.416 e. The topological polar surface area (TPSA) is 104 Å². The molecule has 0 bridgehead atoms. The van der Waals surface area contributed by atoms with Crippen LogP contribution in [0, 0.1) is 0 Å². The lowest BCUT2D eigenvalue weighted by Crippen LogP contribution is -2.07. The lowest BCUT2D eigenvalue weighted by atomic mass is 9.96. The first-order valence-corrected chi connectivity index (χ1v) is 10.6. The number of fused-ring (bicyclic) bond motifs is 1. The van der Waals surface area contributed by atoms with Crippen LogP contribution < -0.4 is 0 Å². The molecule has 9 heteroatoms. The highest BCUT2D eigenvalue weighted by molar-refractivity contribution is 5.96. The Labute approximate surface area is 202 Å². The largest absolute Gasteiger partial charge is 0.508 e. The van der Waals surface area contributed by atoms with Crippen molar-refractivity contribution in [1.29, 1.82) is 0 Å². The van der Waals surface area contributed by atoms with Gasteiger partial charge in [-0.1, -0.05) is 30.3 Å². The minimum Gasteiger partial charge on any atom is -0.508 e. The van der Waals surface area contributed by atoms with Crippen LogP contribution in [0.5, 0.6) is 5.75 Å². The third-order valence-corrected chi connectivity index (χ3v) is 5.64. The van der Waals surface area contributed by atoms with E-state index < -0.39 is 29.8 Å². The van der Waals surface area contributed by atoms with Crippen LogP contribution in [-0.4, -0.2) is 27.3 Å². The van der Waals surface area contributed by atoms with Crippen molar-refractivity contribution in [1.82, 2.24) is 0 Å². The third kappa shape index (κ3) is 5.31. The molecule has 0 radical (unpaired) electrons. The van der Waals surface area contributed by atoms with Gasteiger partial charge in [0.2, 0.25) is 0 Å². The fraction of sp³-hybridized carbons (Fsp3) is 0.111. The van der Waals surface area contributed by atoms with Crippen molar-refractivity contribution in [2.45, 2.75) is 18.9 Å². The molecule has 3 N–H and O–H groups in total. The summed E-state index contributed by atoms with van der Waals surface area (Å²) in [4.78, 5) is 23.6. The van der Waals surface area contributed by atoms with E-state index in [0.29, 0.717) is 21.9 Å². The number of carbonyl (C=O) groups is 2. The molecule has 0 aliphatic rings. The summed E-state index contributed by atoms with van der Waals surface area (Å²) in [5.41, 5.74) is 0.328. The van der Waals surface area contributed by atoms with Gasteiger partial charge >= 0.3 is 18.1 Å². The lowest BCUT2D eigenvalue weighted by Gasteiger charge is -2.15. The Morgan fingerprint density at radius 1 is 0.833 bits per heavy atom. The molecule has 0 aliphatic heterocycles. The molecule has 0 heterocycles. The first-order chi connectivity index (χ1) is 17.0. The van der Waals surface area contributed by atoms with Gasteiger partial charge in [0.25, 0.3) is 0 Å². The number of carbonyl (C=O) groups excluding carboxylic acids is 1. The summed E-state index contributed by atoms with van der Waals surface area (Å²) in [5, 5.41) is 31.3. The molecule has 4 aromatic rings. The molecule has 4 rings (SSSR count). The maximum Gasteiger partial charge on any atom is 0.416 e. The number of halogens is 3. The molecule has 0 amide bonds. The van der Waals surface area contributed by atoms with E-state index in [1.54, 1.807) is 6.07 Å². The summed E-state index contributed by atoms with van der Waals surface area (Å²) in [7, 11) is 0. The van der Waals surface area contributed by atoms with Crippen LogP contribution in [-0.2, 0) is 17.5 Å². The summed E-state index contributed by atoms with van der Waals surface area (Å²) in [6, 6.07) is 17.3. The molecule has 0 spiro atoms. The van der Waals surface area contributed by atoms with Gasteiger partial charge in [-0.2, -0.15) is 13.2 Å². The molecule has 4 aromatic carbocycles. The molecular formula is C27H19F3O6. The lowest BCUT2D eigenvalue weighted by molar-refractivity contribution is -0.137. The van der Waals surface area contributed by atoms with E-state index in [4.69, 9.17) is 9.84 Å². The normalized spacial score (nSPS) is 12.3. The molecule has 0 saturated carbocycles. The predicted molar refractivity (Wildman–Crippen MR) is 124 cm³/mol. The van der Waals surface area contributed by atoms with Crippen LogP contribution in [0.4, 0.5) is 13.2 Å². The number of rotatable bonds is 6. The van der Waals surface area contributed by atoms with E-state index >= 15 is 0 Å². The standard InChI is InChI=1S/C27H19F3O6/c28-27(29,30)21-9-1-15(2-10-21)14-36-26(35)19-8-7-18-13-23(31)22(12-20(18)11-19)24(32)16-3-5-17(6-4-16)25(33)34/h1-13,24,31-32H,14H2,(H,33,34). The second-order valence-corrected chi connectivity index (χ2v) is 8.07. The first kappa shape index (κ1) is 24.7. The van der Waals surface area contributed by atoms with E-state index in [-0.39, 0.29) is 29.0 Å². The van der Waals surface area contributed by atoms with E-state index in [2.05, 4.69) is 0 Å². The number of alkyl halides is 3. The van der Waals surface area contributed by atoms with Gasteiger partial charge in [-0.3, -0.25) is 0 Å². The van der Waals surface area contributed by atoms with E-state index in [0.717, 1.165) is 12.1 Å². The van der Waals surface area contributed by atoms with E-state index in [1.807, 2.05) is 0 Å². The van der Waals surface area contributed by atoms with Crippen molar-refractivity contribution in [2.24, 2.45) is 0 Å². The minimum atomic E-state index is -4.46. The number of esters is 1. The van der Waals surface area contributed by atoms with Crippen LogP contribution >= 0.6 is 0 Å². The van der Waals surface area contributed by atoms with Gasteiger partial charge in [-0.25, -0.2) is 9.59 Å². The average Bonchev–Trinajstić information content (AvgIpc) is 2.86.